The minimum Gasteiger partial charge on any atom is -0.364 e. The predicted octanol–water partition coefficient (Wildman–Crippen LogP) is 1.16. The van der Waals surface area contributed by atoms with E-state index in [1.165, 1.54) is 35.1 Å². The van der Waals surface area contributed by atoms with Gasteiger partial charge in [0.1, 0.15) is 5.56 Å². The number of anilines is 1. The molecule has 1 aromatic heterocycles. The number of carbonyl (C=O) groups excluding carboxylic acids is 2. The third-order valence-electron chi connectivity index (χ3n) is 2.91. The highest BCUT2D eigenvalue weighted by molar-refractivity contribution is 6.09. The van der Waals surface area contributed by atoms with Crippen LogP contribution in [0.25, 0.3) is 0 Å². The zero-order chi connectivity index (χ0) is 16.3. The second-order valence-corrected chi connectivity index (χ2v) is 4.34. The van der Waals surface area contributed by atoms with Crippen molar-refractivity contribution in [1.82, 2.24) is 9.78 Å². The maximum atomic E-state index is 12.2. The monoisotopic (exact) mass is 303 g/mol. The molecule has 2 amide bonds. The Kier molecular flexibility index (Phi) is 4.16. The molecule has 9 heteroatoms. The summed E-state index contributed by atoms with van der Waals surface area (Å²) in [7, 11) is 0. The number of nitro groups is 1. The fourth-order valence-electron chi connectivity index (χ4n) is 1.87. The average Bonchev–Trinajstić information content (AvgIpc) is 2.90. The number of nitrogens with two attached hydrogens (primary N) is 1. The summed E-state index contributed by atoms with van der Waals surface area (Å²) in [6.45, 7) is 2.27. The van der Waals surface area contributed by atoms with Gasteiger partial charge in [-0.1, -0.05) is 12.1 Å². The Morgan fingerprint density at radius 1 is 1.41 bits per heavy atom. The summed E-state index contributed by atoms with van der Waals surface area (Å²) in [6.07, 6.45) is 1.44. The zero-order valence-corrected chi connectivity index (χ0v) is 11.6. The second kappa shape index (κ2) is 6.04. The lowest BCUT2D eigenvalue weighted by atomic mass is 10.1. The van der Waals surface area contributed by atoms with E-state index in [0.717, 1.165) is 0 Å². The minimum absolute atomic E-state index is 0.103. The fourth-order valence-corrected chi connectivity index (χ4v) is 1.87. The topological polar surface area (TPSA) is 133 Å². The van der Waals surface area contributed by atoms with Crippen LogP contribution in [0, 0.1) is 10.1 Å². The van der Waals surface area contributed by atoms with Crippen LogP contribution in [0.2, 0.25) is 0 Å². The van der Waals surface area contributed by atoms with Crippen molar-refractivity contribution in [2.45, 2.75) is 13.5 Å². The van der Waals surface area contributed by atoms with Gasteiger partial charge in [-0.2, -0.15) is 5.10 Å². The highest BCUT2D eigenvalue weighted by Gasteiger charge is 2.22. The first kappa shape index (κ1) is 15.2. The molecule has 0 aliphatic carbocycles. The van der Waals surface area contributed by atoms with E-state index in [9.17, 15) is 19.7 Å². The van der Waals surface area contributed by atoms with Crippen LogP contribution in [0.3, 0.4) is 0 Å². The van der Waals surface area contributed by atoms with Gasteiger partial charge in [-0.15, -0.1) is 0 Å². The van der Waals surface area contributed by atoms with Gasteiger partial charge in [-0.3, -0.25) is 24.4 Å². The summed E-state index contributed by atoms with van der Waals surface area (Å²) in [5, 5.41) is 17.3. The van der Waals surface area contributed by atoms with E-state index in [2.05, 4.69) is 10.4 Å². The van der Waals surface area contributed by atoms with Gasteiger partial charge < -0.3 is 11.1 Å². The van der Waals surface area contributed by atoms with Crippen molar-refractivity contribution in [2.24, 2.45) is 5.73 Å². The van der Waals surface area contributed by atoms with Gasteiger partial charge in [0, 0.05) is 18.8 Å². The van der Waals surface area contributed by atoms with Gasteiger partial charge in [0.2, 0.25) is 0 Å². The first-order valence-electron chi connectivity index (χ1n) is 6.36. The third kappa shape index (κ3) is 2.92. The van der Waals surface area contributed by atoms with E-state index in [-0.39, 0.29) is 22.6 Å². The van der Waals surface area contributed by atoms with Crippen LogP contribution in [-0.2, 0) is 6.54 Å². The number of rotatable bonds is 5. The van der Waals surface area contributed by atoms with E-state index in [1.807, 2.05) is 0 Å². The number of aromatic nitrogens is 2. The number of hydrogen-bond donors (Lipinski definition) is 2. The molecule has 0 saturated carbocycles. The summed E-state index contributed by atoms with van der Waals surface area (Å²) in [4.78, 5) is 33.8. The van der Waals surface area contributed by atoms with E-state index in [1.54, 1.807) is 6.92 Å². The third-order valence-corrected chi connectivity index (χ3v) is 2.91. The van der Waals surface area contributed by atoms with Crippen molar-refractivity contribution in [3.05, 3.63) is 51.8 Å². The Morgan fingerprint density at radius 2 is 2.09 bits per heavy atom. The quantitative estimate of drug-likeness (QED) is 0.631. The molecule has 3 N–H and O–H groups in total. The van der Waals surface area contributed by atoms with Gasteiger partial charge in [0.25, 0.3) is 17.5 Å². The molecule has 1 aromatic carbocycles. The van der Waals surface area contributed by atoms with Crippen LogP contribution in [-0.4, -0.2) is 26.5 Å². The Balaban J connectivity index is 2.36. The SMILES string of the molecule is CCn1cc(NC(=O)c2ccccc2[N+](=O)[O-])c(C(N)=O)n1. The van der Waals surface area contributed by atoms with E-state index in [4.69, 9.17) is 5.73 Å². The molecule has 0 aliphatic heterocycles. The zero-order valence-electron chi connectivity index (χ0n) is 11.6. The number of amides is 2. The van der Waals surface area contributed by atoms with Crippen molar-refractivity contribution in [3.8, 4) is 0 Å². The van der Waals surface area contributed by atoms with Crippen LogP contribution < -0.4 is 11.1 Å². The van der Waals surface area contributed by atoms with E-state index < -0.39 is 16.7 Å². The van der Waals surface area contributed by atoms with Gasteiger partial charge in [-0.25, -0.2) is 0 Å². The van der Waals surface area contributed by atoms with Crippen LogP contribution in [0.4, 0.5) is 11.4 Å². The molecule has 1 heterocycles. The Bertz CT molecular complexity index is 753. The molecule has 0 aliphatic rings. The summed E-state index contributed by atoms with van der Waals surface area (Å²) in [6, 6.07) is 5.51. The number of primary amides is 1. The number of para-hydroxylation sites is 1. The Morgan fingerprint density at radius 3 is 2.68 bits per heavy atom. The summed E-state index contributed by atoms with van der Waals surface area (Å²) < 4.78 is 1.43. The van der Waals surface area contributed by atoms with E-state index in [0.29, 0.717) is 6.54 Å². The first-order valence-corrected chi connectivity index (χ1v) is 6.36. The molecule has 2 rings (SSSR count). The van der Waals surface area contributed by atoms with Crippen molar-refractivity contribution in [2.75, 3.05) is 5.32 Å². The smallest absolute Gasteiger partial charge is 0.282 e. The normalized spacial score (nSPS) is 10.2. The summed E-state index contributed by atoms with van der Waals surface area (Å²) in [5.74, 6) is -1.52. The van der Waals surface area contributed by atoms with Gasteiger partial charge >= 0.3 is 0 Å². The lowest BCUT2D eigenvalue weighted by molar-refractivity contribution is -0.385. The number of carbonyl (C=O) groups is 2. The standard InChI is InChI=1S/C13H13N5O4/c1-2-17-7-9(11(16-17)12(14)19)15-13(20)8-5-3-4-6-10(8)18(21)22/h3-7H,2H2,1H3,(H2,14,19)(H,15,20). The lowest BCUT2D eigenvalue weighted by Gasteiger charge is -2.04. The van der Waals surface area contributed by atoms with Crippen LogP contribution in [0.5, 0.6) is 0 Å². The van der Waals surface area contributed by atoms with Gasteiger partial charge in [0.15, 0.2) is 5.69 Å². The molecule has 0 atom stereocenters. The Hall–Kier alpha value is -3.23. The molecular weight excluding hydrogens is 290 g/mol. The lowest BCUT2D eigenvalue weighted by Crippen LogP contribution is -2.18. The van der Waals surface area contributed by atoms with Gasteiger partial charge in [-0.05, 0) is 13.0 Å². The van der Waals surface area contributed by atoms with Gasteiger partial charge in [0.05, 0.1) is 10.6 Å². The second-order valence-electron chi connectivity index (χ2n) is 4.34. The number of benzene rings is 1. The van der Waals surface area contributed by atoms with Crippen molar-refractivity contribution in [1.29, 1.82) is 0 Å². The fraction of sp³-hybridized carbons (Fsp3) is 0.154. The number of nitrogens with zero attached hydrogens (tertiary/aromatic N) is 3. The molecule has 22 heavy (non-hydrogen) atoms. The molecule has 0 bridgehead atoms. The highest BCUT2D eigenvalue weighted by atomic mass is 16.6. The molecule has 0 fully saturated rings. The van der Waals surface area contributed by atoms with Crippen molar-refractivity contribution >= 4 is 23.2 Å². The number of nitro benzene ring substituents is 1. The average molecular weight is 303 g/mol. The molecule has 2 aromatic rings. The van der Waals surface area contributed by atoms with Crippen LogP contribution in [0.1, 0.15) is 27.8 Å². The van der Waals surface area contributed by atoms with Crippen LogP contribution >= 0.6 is 0 Å². The minimum atomic E-state index is -0.801. The van der Waals surface area contributed by atoms with E-state index >= 15 is 0 Å². The molecule has 0 radical (unpaired) electrons. The van der Waals surface area contributed by atoms with Crippen LogP contribution in [0.15, 0.2) is 30.5 Å². The summed E-state index contributed by atoms with van der Waals surface area (Å²) in [5.41, 5.74) is 4.76. The summed E-state index contributed by atoms with van der Waals surface area (Å²) >= 11 is 0. The maximum Gasteiger partial charge on any atom is 0.282 e. The van der Waals surface area contributed by atoms with Crippen molar-refractivity contribution in [3.63, 3.8) is 0 Å². The molecule has 9 nitrogen and oxygen atoms in total. The number of nitrogens with one attached hydrogen (secondary N) is 1. The molecule has 114 valence electrons. The molecular formula is C13H13N5O4. The predicted molar refractivity (Wildman–Crippen MR) is 77.5 cm³/mol. The molecule has 0 spiro atoms. The molecule has 0 unspecified atom stereocenters. The largest absolute Gasteiger partial charge is 0.364 e. The first-order chi connectivity index (χ1) is 10.4. The Labute approximate surface area is 124 Å². The highest BCUT2D eigenvalue weighted by Crippen LogP contribution is 2.20. The molecule has 0 saturated heterocycles. The van der Waals surface area contributed by atoms with Crippen molar-refractivity contribution < 1.29 is 14.5 Å². The number of hydrogen-bond acceptors (Lipinski definition) is 5. The maximum absolute atomic E-state index is 12.2. The number of aryl methyl sites for hydroxylation is 1.